The highest BCUT2D eigenvalue weighted by Crippen LogP contribution is 2.23. The fraction of sp³-hybridized carbons (Fsp3) is 0.357. The first kappa shape index (κ1) is 12.2. The number of hydrogen-bond donors (Lipinski definition) is 1. The SMILES string of the molecule is CCC(C)CSc1ccc2cc(N)ccc2n1. The van der Waals surface area contributed by atoms with Crippen molar-refractivity contribution in [2.24, 2.45) is 5.92 Å². The molecule has 2 aromatic rings. The normalized spacial score (nSPS) is 12.8. The standard InChI is InChI=1S/C14H18N2S/c1-3-10(2)9-17-14-7-4-11-8-12(15)5-6-13(11)16-14/h4-8,10H,3,9,15H2,1-2H3. The molecule has 3 heteroatoms. The number of nitrogens with zero attached hydrogens (tertiary/aromatic N) is 1. The molecule has 0 radical (unpaired) electrons. The monoisotopic (exact) mass is 246 g/mol. The molecule has 90 valence electrons. The topological polar surface area (TPSA) is 38.9 Å². The van der Waals surface area contributed by atoms with E-state index in [1.54, 1.807) is 0 Å². The Hall–Kier alpha value is -1.22. The molecular weight excluding hydrogens is 228 g/mol. The Labute approximate surface area is 107 Å². The fourth-order valence-electron chi connectivity index (χ4n) is 1.55. The van der Waals surface area contributed by atoms with Crippen molar-refractivity contribution in [2.45, 2.75) is 25.3 Å². The molecular formula is C14H18N2S. The van der Waals surface area contributed by atoms with Crippen LogP contribution < -0.4 is 5.73 Å². The molecule has 1 unspecified atom stereocenters. The zero-order chi connectivity index (χ0) is 12.3. The molecule has 0 saturated carbocycles. The number of pyridine rings is 1. The Morgan fingerprint density at radius 3 is 2.88 bits per heavy atom. The first-order valence-electron chi connectivity index (χ1n) is 5.98. The smallest absolute Gasteiger partial charge is 0.0967 e. The lowest BCUT2D eigenvalue weighted by atomic mass is 10.2. The van der Waals surface area contributed by atoms with E-state index in [9.17, 15) is 0 Å². The van der Waals surface area contributed by atoms with Crippen LogP contribution in [0.1, 0.15) is 20.3 Å². The predicted molar refractivity (Wildman–Crippen MR) is 76.3 cm³/mol. The first-order chi connectivity index (χ1) is 8.19. The van der Waals surface area contributed by atoms with Crippen LogP contribution in [-0.2, 0) is 0 Å². The predicted octanol–water partition coefficient (Wildman–Crippen LogP) is 3.96. The zero-order valence-corrected chi connectivity index (χ0v) is 11.1. The van der Waals surface area contributed by atoms with Crippen LogP contribution in [0.2, 0.25) is 0 Å². The third kappa shape index (κ3) is 3.13. The molecule has 0 saturated heterocycles. The lowest BCUT2D eigenvalue weighted by Gasteiger charge is -2.07. The molecule has 0 aliphatic heterocycles. The van der Waals surface area contributed by atoms with Crippen LogP contribution >= 0.6 is 11.8 Å². The highest BCUT2D eigenvalue weighted by molar-refractivity contribution is 7.99. The summed E-state index contributed by atoms with van der Waals surface area (Å²) in [5.41, 5.74) is 7.56. The molecule has 1 aromatic carbocycles. The summed E-state index contributed by atoms with van der Waals surface area (Å²) in [7, 11) is 0. The van der Waals surface area contributed by atoms with Gasteiger partial charge in [0, 0.05) is 16.8 Å². The van der Waals surface area contributed by atoms with Crippen LogP contribution in [0.3, 0.4) is 0 Å². The lowest BCUT2D eigenvalue weighted by Crippen LogP contribution is -1.96. The van der Waals surface area contributed by atoms with E-state index in [0.29, 0.717) is 0 Å². The number of anilines is 1. The van der Waals surface area contributed by atoms with Crippen molar-refractivity contribution < 1.29 is 0 Å². The average molecular weight is 246 g/mol. The second kappa shape index (κ2) is 5.41. The van der Waals surface area contributed by atoms with Gasteiger partial charge in [0.1, 0.15) is 0 Å². The minimum atomic E-state index is 0.740. The van der Waals surface area contributed by atoms with E-state index in [-0.39, 0.29) is 0 Å². The van der Waals surface area contributed by atoms with Gasteiger partial charge in [-0.3, -0.25) is 0 Å². The summed E-state index contributed by atoms with van der Waals surface area (Å²) in [6.07, 6.45) is 1.22. The van der Waals surface area contributed by atoms with Crippen molar-refractivity contribution in [2.75, 3.05) is 11.5 Å². The zero-order valence-electron chi connectivity index (χ0n) is 10.3. The van der Waals surface area contributed by atoms with Gasteiger partial charge in [-0.25, -0.2) is 4.98 Å². The highest BCUT2D eigenvalue weighted by Gasteiger charge is 2.03. The van der Waals surface area contributed by atoms with Crippen LogP contribution in [0.15, 0.2) is 35.4 Å². The van der Waals surface area contributed by atoms with Gasteiger partial charge in [0.15, 0.2) is 0 Å². The van der Waals surface area contributed by atoms with Crippen molar-refractivity contribution >= 4 is 28.4 Å². The van der Waals surface area contributed by atoms with E-state index in [1.807, 2.05) is 30.0 Å². The number of aromatic nitrogens is 1. The van der Waals surface area contributed by atoms with E-state index in [1.165, 1.54) is 6.42 Å². The minimum Gasteiger partial charge on any atom is -0.399 e. The Balaban J connectivity index is 2.17. The second-order valence-corrected chi connectivity index (χ2v) is 5.47. The Bertz CT molecular complexity index is 511. The van der Waals surface area contributed by atoms with Crippen LogP contribution in [0, 0.1) is 5.92 Å². The van der Waals surface area contributed by atoms with Gasteiger partial charge in [-0.1, -0.05) is 26.3 Å². The van der Waals surface area contributed by atoms with E-state index < -0.39 is 0 Å². The first-order valence-corrected chi connectivity index (χ1v) is 6.96. The van der Waals surface area contributed by atoms with Crippen LogP contribution in [0.25, 0.3) is 10.9 Å². The van der Waals surface area contributed by atoms with Gasteiger partial charge in [-0.2, -0.15) is 0 Å². The third-order valence-corrected chi connectivity index (χ3v) is 4.16. The second-order valence-electron chi connectivity index (χ2n) is 4.43. The number of benzene rings is 1. The third-order valence-electron chi connectivity index (χ3n) is 2.90. The molecule has 0 fully saturated rings. The van der Waals surface area contributed by atoms with Crippen LogP contribution in [0.4, 0.5) is 5.69 Å². The van der Waals surface area contributed by atoms with Gasteiger partial charge >= 0.3 is 0 Å². The van der Waals surface area contributed by atoms with Crippen molar-refractivity contribution in [3.05, 3.63) is 30.3 Å². The molecule has 2 N–H and O–H groups in total. The van der Waals surface area contributed by atoms with Gasteiger partial charge in [-0.05, 0) is 30.2 Å². The summed E-state index contributed by atoms with van der Waals surface area (Å²) >= 11 is 1.83. The molecule has 17 heavy (non-hydrogen) atoms. The van der Waals surface area contributed by atoms with E-state index >= 15 is 0 Å². The van der Waals surface area contributed by atoms with Crippen LogP contribution in [0.5, 0.6) is 0 Å². The summed E-state index contributed by atoms with van der Waals surface area (Å²) in [6, 6.07) is 10.0. The van der Waals surface area contributed by atoms with Gasteiger partial charge in [-0.15, -0.1) is 11.8 Å². The average Bonchev–Trinajstić information content (AvgIpc) is 2.35. The summed E-state index contributed by atoms with van der Waals surface area (Å²) < 4.78 is 0. The summed E-state index contributed by atoms with van der Waals surface area (Å²) in [4.78, 5) is 4.63. The number of rotatable bonds is 4. The highest BCUT2D eigenvalue weighted by atomic mass is 32.2. The molecule has 0 aliphatic carbocycles. The summed E-state index contributed by atoms with van der Waals surface area (Å²) in [5.74, 6) is 1.87. The van der Waals surface area contributed by atoms with E-state index in [4.69, 9.17) is 5.73 Å². The lowest BCUT2D eigenvalue weighted by molar-refractivity contribution is 0.636. The molecule has 1 heterocycles. The molecule has 2 nitrogen and oxygen atoms in total. The van der Waals surface area contributed by atoms with Gasteiger partial charge in [0.2, 0.25) is 0 Å². The molecule has 0 aliphatic rings. The van der Waals surface area contributed by atoms with Crippen molar-refractivity contribution in [3.63, 3.8) is 0 Å². The minimum absolute atomic E-state index is 0.740. The molecule has 0 amide bonds. The van der Waals surface area contributed by atoms with Gasteiger partial charge < -0.3 is 5.73 Å². The molecule has 1 atom stereocenters. The molecule has 0 spiro atoms. The maximum Gasteiger partial charge on any atom is 0.0967 e. The Kier molecular flexibility index (Phi) is 3.89. The van der Waals surface area contributed by atoms with E-state index in [0.717, 1.165) is 33.3 Å². The van der Waals surface area contributed by atoms with Crippen molar-refractivity contribution in [3.8, 4) is 0 Å². The van der Waals surface area contributed by atoms with Gasteiger partial charge in [0.05, 0.1) is 10.5 Å². The number of hydrogen-bond acceptors (Lipinski definition) is 3. The van der Waals surface area contributed by atoms with Crippen molar-refractivity contribution in [1.29, 1.82) is 0 Å². The summed E-state index contributed by atoms with van der Waals surface area (Å²) in [6.45, 7) is 4.50. The Morgan fingerprint density at radius 1 is 1.29 bits per heavy atom. The fourth-order valence-corrected chi connectivity index (χ4v) is 2.57. The molecule has 0 bridgehead atoms. The van der Waals surface area contributed by atoms with Gasteiger partial charge in [0.25, 0.3) is 0 Å². The van der Waals surface area contributed by atoms with E-state index in [2.05, 4.69) is 31.0 Å². The molecule has 1 aromatic heterocycles. The Morgan fingerprint density at radius 2 is 2.12 bits per heavy atom. The maximum absolute atomic E-state index is 5.75. The maximum atomic E-state index is 5.75. The van der Waals surface area contributed by atoms with Crippen molar-refractivity contribution in [1.82, 2.24) is 4.98 Å². The number of nitrogens with two attached hydrogens (primary N) is 1. The number of fused-ring (bicyclic) bond motifs is 1. The summed E-state index contributed by atoms with van der Waals surface area (Å²) in [5, 5.41) is 2.21. The molecule has 2 rings (SSSR count). The quantitative estimate of drug-likeness (QED) is 0.655. The largest absolute Gasteiger partial charge is 0.399 e. The van der Waals surface area contributed by atoms with Crippen LogP contribution in [-0.4, -0.2) is 10.7 Å². The number of thioether (sulfide) groups is 1. The number of nitrogen functional groups attached to an aromatic ring is 1.